The Morgan fingerprint density at radius 1 is 1.35 bits per heavy atom. The Bertz CT molecular complexity index is 474. The van der Waals surface area contributed by atoms with Crippen LogP contribution < -0.4 is 5.32 Å². The van der Waals surface area contributed by atoms with Gasteiger partial charge in [0.25, 0.3) is 10.1 Å². The molecule has 94 valence electrons. The Morgan fingerprint density at radius 3 is 2.47 bits per heavy atom. The van der Waals surface area contributed by atoms with Crippen molar-refractivity contribution >= 4 is 27.6 Å². The van der Waals surface area contributed by atoms with Gasteiger partial charge in [-0.1, -0.05) is 30.3 Å². The third kappa shape index (κ3) is 5.16. The molecule has 1 atom stereocenters. The Hall–Kier alpha value is -1.11. The summed E-state index contributed by atoms with van der Waals surface area (Å²) in [6, 6.07) is 8.68. The molecule has 0 spiro atoms. The van der Waals surface area contributed by atoms with Crippen LogP contribution in [0.15, 0.2) is 30.3 Å². The molecule has 17 heavy (non-hydrogen) atoms. The molecule has 0 fully saturated rings. The highest BCUT2D eigenvalue weighted by molar-refractivity contribution is 7.85. The lowest BCUT2D eigenvalue weighted by Gasteiger charge is -2.09. The summed E-state index contributed by atoms with van der Waals surface area (Å²) < 4.78 is 29.3. The number of hydrogen-bond donors (Lipinski definition) is 2. The molecule has 0 heterocycles. The van der Waals surface area contributed by atoms with Crippen molar-refractivity contribution in [1.82, 2.24) is 5.32 Å². The van der Waals surface area contributed by atoms with Crippen LogP contribution in [0.2, 0.25) is 0 Å². The Labute approximate surface area is 105 Å². The van der Waals surface area contributed by atoms with Crippen molar-refractivity contribution in [3.63, 3.8) is 0 Å². The number of carbonyl (C=O) groups is 1. The quantitative estimate of drug-likeness (QED) is 0.620. The fourth-order valence-electron chi connectivity index (χ4n) is 1.17. The van der Waals surface area contributed by atoms with E-state index in [-0.39, 0.29) is 6.54 Å². The SMILES string of the molecule is O=C(NCCS(=O)(=O)O)C(Cl)c1ccccc1. The van der Waals surface area contributed by atoms with Crippen LogP contribution in [0.1, 0.15) is 10.9 Å². The Balaban J connectivity index is 2.49. The Kier molecular flexibility index (Phi) is 4.92. The third-order valence-electron chi connectivity index (χ3n) is 1.98. The number of halogens is 1. The highest BCUT2D eigenvalue weighted by atomic mass is 35.5. The van der Waals surface area contributed by atoms with Crippen LogP contribution in [0.5, 0.6) is 0 Å². The normalized spacial score (nSPS) is 13.1. The molecule has 1 unspecified atom stereocenters. The van der Waals surface area contributed by atoms with Gasteiger partial charge in [-0.2, -0.15) is 8.42 Å². The second kappa shape index (κ2) is 6.00. The minimum atomic E-state index is -4.07. The number of alkyl halides is 1. The lowest BCUT2D eigenvalue weighted by molar-refractivity contribution is -0.120. The van der Waals surface area contributed by atoms with Gasteiger partial charge < -0.3 is 5.32 Å². The second-order valence-electron chi connectivity index (χ2n) is 3.35. The summed E-state index contributed by atoms with van der Waals surface area (Å²) in [7, 11) is -4.07. The zero-order chi connectivity index (χ0) is 12.9. The standard InChI is InChI=1S/C10H12ClNO4S/c11-9(8-4-2-1-3-5-8)10(13)12-6-7-17(14,15)16/h1-5,9H,6-7H2,(H,12,13)(H,14,15,16). The molecule has 1 rings (SSSR count). The summed E-state index contributed by atoms with van der Waals surface area (Å²) in [6.07, 6.45) is 0. The van der Waals surface area contributed by atoms with E-state index in [0.29, 0.717) is 5.56 Å². The van der Waals surface area contributed by atoms with Crippen molar-refractivity contribution in [1.29, 1.82) is 0 Å². The van der Waals surface area contributed by atoms with Crippen LogP contribution in [-0.4, -0.2) is 31.2 Å². The lowest BCUT2D eigenvalue weighted by atomic mass is 10.1. The van der Waals surface area contributed by atoms with E-state index in [2.05, 4.69) is 5.32 Å². The summed E-state index contributed by atoms with van der Waals surface area (Å²) in [5.41, 5.74) is 0.624. The molecule has 0 bridgehead atoms. The first-order valence-electron chi connectivity index (χ1n) is 4.82. The Morgan fingerprint density at radius 2 is 1.94 bits per heavy atom. The second-order valence-corrected chi connectivity index (χ2v) is 5.36. The molecular weight excluding hydrogens is 266 g/mol. The first-order valence-corrected chi connectivity index (χ1v) is 6.86. The third-order valence-corrected chi connectivity index (χ3v) is 3.15. The predicted octanol–water partition coefficient (Wildman–Crippen LogP) is 0.970. The average molecular weight is 278 g/mol. The molecule has 7 heteroatoms. The maximum Gasteiger partial charge on any atom is 0.266 e. The summed E-state index contributed by atoms with van der Waals surface area (Å²) in [5.74, 6) is -1.03. The highest BCUT2D eigenvalue weighted by Gasteiger charge is 2.17. The minimum absolute atomic E-state index is 0.173. The van der Waals surface area contributed by atoms with E-state index >= 15 is 0 Å². The molecule has 1 amide bonds. The van der Waals surface area contributed by atoms with Gasteiger partial charge >= 0.3 is 0 Å². The fourth-order valence-corrected chi connectivity index (χ4v) is 1.75. The number of benzene rings is 1. The zero-order valence-corrected chi connectivity index (χ0v) is 10.4. The van der Waals surface area contributed by atoms with Crippen LogP contribution in [0.4, 0.5) is 0 Å². The van der Waals surface area contributed by atoms with E-state index in [1.54, 1.807) is 30.3 Å². The van der Waals surface area contributed by atoms with E-state index in [0.717, 1.165) is 0 Å². The van der Waals surface area contributed by atoms with Gasteiger partial charge in [-0.3, -0.25) is 9.35 Å². The van der Waals surface area contributed by atoms with Crippen molar-refractivity contribution < 1.29 is 17.8 Å². The van der Waals surface area contributed by atoms with E-state index in [4.69, 9.17) is 16.2 Å². The van der Waals surface area contributed by atoms with E-state index in [1.807, 2.05) is 0 Å². The largest absolute Gasteiger partial charge is 0.353 e. The predicted molar refractivity (Wildman–Crippen MR) is 64.5 cm³/mol. The summed E-state index contributed by atoms with van der Waals surface area (Å²) >= 11 is 5.88. The van der Waals surface area contributed by atoms with Gasteiger partial charge in [-0.15, -0.1) is 11.6 Å². The van der Waals surface area contributed by atoms with Crippen molar-refractivity contribution in [3.05, 3.63) is 35.9 Å². The number of rotatable bonds is 5. The molecule has 0 aliphatic heterocycles. The molecule has 1 aromatic rings. The van der Waals surface area contributed by atoms with Gasteiger partial charge in [0.15, 0.2) is 0 Å². The van der Waals surface area contributed by atoms with Gasteiger partial charge in [0.05, 0.1) is 5.75 Å². The van der Waals surface area contributed by atoms with Crippen LogP contribution in [0.25, 0.3) is 0 Å². The van der Waals surface area contributed by atoms with Gasteiger partial charge in [-0.25, -0.2) is 0 Å². The van der Waals surface area contributed by atoms with Crippen LogP contribution in [0, 0.1) is 0 Å². The van der Waals surface area contributed by atoms with E-state index in [1.165, 1.54) is 0 Å². The van der Waals surface area contributed by atoms with Gasteiger partial charge in [0.2, 0.25) is 5.91 Å². The monoisotopic (exact) mass is 277 g/mol. The van der Waals surface area contributed by atoms with Gasteiger partial charge in [0, 0.05) is 6.54 Å². The molecular formula is C10H12ClNO4S. The maximum atomic E-state index is 11.5. The minimum Gasteiger partial charge on any atom is -0.353 e. The van der Waals surface area contributed by atoms with Crippen molar-refractivity contribution in [2.24, 2.45) is 0 Å². The number of carbonyl (C=O) groups excluding carboxylic acids is 1. The number of nitrogens with one attached hydrogen (secondary N) is 1. The summed E-state index contributed by atoms with van der Waals surface area (Å²) in [5, 5.41) is 1.45. The molecule has 0 aliphatic rings. The molecule has 0 aromatic heterocycles. The molecule has 0 aliphatic carbocycles. The van der Waals surface area contributed by atoms with Gasteiger partial charge in [-0.05, 0) is 5.56 Å². The van der Waals surface area contributed by atoms with Crippen molar-refractivity contribution in [3.8, 4) is 0 Å². The number of hydrogen-bond acceptors (Lipinski definition) is 3. The average Bonchev–Trinajstić information content (AvgIpc) is 2.27. The summed E-state index contributed by atoms with van der Waals surface area (Å²) in [4.78, 5) is 11.5. The molecule has 0 radical (unpaired) electrons. The van der Waals surface area contributed by atoms with Crippen LogP contribution in [0.3, 0.4) is 0 Å². The fraction of sp³-hybridized carbons (Fsp3) is 0.300. The van der Waals surface area contributed by atoms with E-state index < -0.39 is 27.2 Å². The van der Waals surface area contributed by atoms with E-state index in [9.17, 15) is 13.2 Å². The zero-order valence-electron chi connectivity index (χ0n) is 8.84. The van der Waals surface area contributed by atoms with Crippen LogP contribution >= 0.6 is 11.6 Å². The molecule has 1 aromatic carbocycles. The summed E-state index contributed by atoms with van der Waals surface area (Å²) in [6.45, 7) is -0.173. The van der Waals surface area contributed by atoms with Crippen molar-refractivity contribution in [2.75, 3.05) is 12.3 Å². The molecule has 0 saturated heterocycles. The first kappa shape index (κ1) is 14.0. The topological polar surface area (TPSA) is 83.5 Å². The first-order chi connectivity index (χ1) is 7.90. The number of amides is 1. The lowest BCUT2D eigenvalue weighted by Crippen LogP contribution is -2.31. The molecule has 2 N–H and O–H groups in total. The maximum absolute atomic E-state index is 11.5. The molecule has 5 nitrogen and oxygen atoms in total. The molecule has 0 saturated carbocycles. The smallest absolute Gasteiger partial charge is 0.266 e. The highest BCUT2D eigenvalue weighted by Crippen LogP contribution is 2.19. The van der Waals surface area contributed by atoms with Crippen LogP contribution in [-0.2, 0) is 14.9 Å². The van der Waals surface area contributed by atoms with Crippen molar-refractivity contribution in [2.45, 2.75) is 5.38 Å². The van der Waals surface area contributed by atoms with Gasteiger partial charge in [0.1, 0.15) is 5.38 Å².